The smallest absolute Gasteiger partial charge is 0.308 e. The highest BCUT2D eigenvalue weighted by Gasteiger charge is 2.24. The number of aliphatic carboxylic acids is 1. The van der Waals surface area contributed by atoms with E-state index in [2.05, 4.69) is 0 Å². The fraction of sp³-hybridized carbons (Fsp3) is 0.417. The fourth-order valence-corrected chi connectivity index (χ4v) is 1.86. The molecule has 0 unspecified atom stereocenters. The molecular weight excluding hydrogens is 243 g/mol. The van der Waals surface area contributed by atoms with Gasteiger partial charge < -0.3 is 19.3 Å². The lowest BCUT2D eigenvalue weighted by Gasteiger charge is -2.15. The van der Waals surface area contributed by atoms with Crippen molar-refractivity contribution >= 4 is 5.97 Å². The minimum Gasteiger partial charge on any atom is -0.493 e. The summed E-state index contributed by atoms with van der Waals surface area (Å²) in [6.45, 7) is 0.805. The van der Waals surface area contributed by atoms with Gasteiger partial charge in [-0.25, -0.2) is 4.39 Å². The second kappa shape index (κ2) is 5.12. The lowest BCUT2D eigenvalue weighted by molar-refractivity contribution is -0.136. The minimum atomic E-state index is -1.09. The van der Waals surface area contributed by atoms with Crippen LogP contribution in [0.5, 0.6) is 17.2 Å². The summed E-state index contributed by atoms with van der Waals surface area (Å²) in [6, 6.07) is 1.16. The van der Waals surface area contributed by atoms with Crippen molar-refractivity contribution in [3.05, 3.63) is 17.4 Å². The number of methoxy groups -OCH3 is 1. The zero-order valence-electron chi connectivity index (χ0n) is 9.86. The van der Waals surface area contributed by atoms with Crippen molar-refractivity contribution in [2.75, 3.05) is 20.3 Å². The average molecular weight is 256 g/mol. The Morgan fingerprint density at radius 2 is 2.22 bits per heavy atom. The summed E-state index contributed by atoms with van der Waals surface area (Å²) >= 11 is 0. The van der Waals surface area contributed by atoms with E-state index >= 15 is 0 Å². The van der Waals surface area contributed by atoms with Crippen molar-refractivity contribution < 1.29 is 28.5 Å². The van der Waals surface area contributed by atoms with Crippen LogP contribution in [-0.4, -0.2) is 31.4 Å². The molecule has 6 heteroatoms. The lowest BCUT2D eigenvalue weighted by atomic mass is 10.1. The van der Waals surface area contributed by atoms with Crippen molar-refractivity contribution in [3.8, 4) is 17.2 Å². The predicted octanol–water partition coefficient (Wildman–Crippen LogP) is 1.62. The van der Waals surface area contributed by atoms with E-state index in [9.17, 15) is 9.18 Å². The van der Waals surface area contributed by atoms with Crippen LogP contribution in [0.15, 0.2) is 6.07 Å². The van der Waals surface area contributed by atoms with Gasteiger partial charge in [-0.15, -0.1) is 0 Å². The van der Waals surface area contributed by atoms with Crippen LogP contribution >= 0.6 is 0 Å². The highest BCUT2D eigenvalue weighted by atomic mass is 19.1. The normalized spacial score (nSPS) is 13.9. The standard InChI is InChI=1S/C12H13FO5/c1-16-11-7(5-10(14)15)12-9(6-8(11)13)17-3-2-4-18-12/h6H,2-5H2,1H3,(H,14,15). The Labute approximate surface area is 103 Å². The highest BCUT2D eigenvalue weighted by molar-refractivity contribution is 5.74. The van der Waals surface area contributed by atoms with Crippen LogP contribution in [0.1, 0.15) is 12.0 Å². The molecule has 1 N–H and O–H groups in total. The molecule has 0 amide bonds. The molecular formula is C12H13FO5. The molecule has 1 heterocycles. The van der Waals surface area contributed by atoms with E-state index in [-0.39, 0.29) is 29.2 Å². The van der Waals surface area contributed by atoms with Crippen LogP contribution in [0.25, 0.3) is 0 Å². The van der Waals surface area contributed by atoms with Crippen molar-refractivity contribution in [2.24, 2.45) is 0 Å². The molecule has 0 radical (unpaired) electrons. The summed E-state index contributed by atoms with van der Waals surface area (Å²) in [5, 5.41) is 8.88. The van der Waals surface area contributed by atoms with Gasteiger partial charge in [0, 0.05) is 12.5 Å². The third kappa shape index (κ3) is 2.32. The molecule has 0 atom stereocenters. The van der Waals surface area contributed by atoms with E-state index < -0.39 is 11.8 Å². The van der Waals surface area contributed by atoms with Gasteiger partial charge in [-0.3, -0.25) is 4.79 Å². The van der Waals surface area contributed by atoms with Crippen molar-refractivity contribution in [3.63, 3.8) is 0 Å². The molecule has 1 aliphatic rings. The molecule has 0 fully saturated rings. The molecule has 0 aliphatic carbocycles. The fourth-order valence-electron chi connectivity index (χ4n) is 1.86. The van der Waals surface area contributed by atoms with Gasteiger partial charge in [-0.1, -0.05) is 0 Å². The number of ether oxygens (including phenoxy) is 3. The Bertz CT molecular complexity index is 472. The first-order valence-electron chi connectivity index (χ1n) is 5.50. The first-order valence-corrected chi connectivity index (χ1v) is 5.50. The Kier molecular flexibility index (Phi) is 3.55. The molecule has 0 saturated heterocycles. The Morgan fingerprint density at radius 3 is 2.89 bits per heavy atom. The molecule has 0 saturated carbocycles. The molecule has 1 aromatic rings. The van der Waals surface area contributed by atoms with Gasteiger partial charge in [-0.2, -0.15) is 0 Å². The van der Waals surface area contributed by atoms with Crippen LogP contribution in [-0.2, 0) is 11.2 Å². The van der Waals surface area contributed by atoms with Gasteiger partial charge in [0.15, 0.2) is 23.1 Å². The SMILES string of the molecule is COc1c(F)cc2c(c1CC(=O)O)OCCCO2. The van der Waals surface area contributed by atoms with E-state index in [0.717, 1.165) is 6.07 Å². The average Bonchev–Trinajstić information content (AvgIpc) is 2.53. The van der Waals surface area contributed by atoms with Crippen LogP contribution in [0, 0.1) is 5.82 Å². The molecule has 1 aliphatic heterocycles. The molecule has 5 nitrogen and oxygen atoms in total. The lowest BCUT2D eigenvalue weighted by Crippen LogP contribution is -2.07. The zero-order chi connectivity index (χ0) is 13.1. The number of hydrogen-bond donors (Lipinski definition) is 1. The number of carboxylic acids is 1. The van der Waals surface area contributed by atoms with Crippen LogP contribution in [0.2, 0.25) is 0 Å². The Morgan fingerprint density at radius 1 is 1.50 bits per heavy atom. The molecule has 0 aromatic heterocycles. The van der Waals surface area contributed by atoms with Crippen LogP contribution in [0.4, 0.5) is 4.39 Å². The van der Waals surface area contributed by atoms with Gasteiger partial charge in [-0.05, 0) is 0 Å². The number of carboxylic acid groups (broad SMARTS) is 1. The number of rotatable bonds is 3. The number of benzene rings is 1. The largest absolute Gasteiger partial charge is 0.493 e. The predicted molar refractivity (Wildman–Crippen MR) is 59.9 cm³/mol. The molecule has 18 heavy (non-hydrogen) atoms. The highest BCUT2D eigenvalue weighted by Crippen LogP contribution is 2.41. The van der Waals surface area contributed by atoms with E-state index in [1.54, 1.807) is 0 Å². The first kappa shape index (κ1) is 12.5. The number of carbonyl (C=O) groups is 1. The van der Waals surface area contributed by atoms with Gasteiger partial charge in [0.05, 0.1) is 32.3 Å². The minimum absolute atomic E-state index is 0.110. The zero-order valence-corrected chi connectivity index (χ0v) is 9.86. The topological polar surface area (TPSA) is 65.0 Å². The third-order valence-corrected chi connectivity index (χ3v) is 2.57. The van der Waals surface area contributed by atoms with E-state index in [0.29, 0.717) is 19.6 Å². The Balaban J connectivity index is 2.56. The molecule has 1 aromatic carbocycles. The van der Waals surface area contributed by atoms with Gasteiger partial charge in [0.1, 0.15) is 0 Å². The maximum atomic E-state index is 13.8. The van der Waals surface area contributed by atoms with E-state index in [4.69, 9.17) is 19.3 Å². The summed E-state index contributed by atoms with van der Waals surface area (Å²) in [4.78, 5) is 10.8. The van der Waals surface area contributed by atoms with Gasteiger partial charge >= 0.3 is 5.97 Å². The second-order valence-corrected chi connectivity index (χ2v) is 3.82. The second-order valence-electron chi connectivity index (χ2n) is 3.82. The molecule has 0 bridgehead atoms. The molecule has 0 spiro atoms. The van der Waals surface area contributed by atoms with Gasteiger partial charge in [0.2, 0.25) is 0 Å². The van der Waals surface area contributed by atoms with Crippen LogP contribution < -0.4 is 14.2 Å². The monoisotopic (exact) mass is 256 g/mol. The summed E-state index contributed by atoms with van der Waals surface area (Å²) < 4.78 is 29.5. The van der Waals surface area contributed by atoms with E-state index in [1.165, 1.54) is 7.11 Å². The maximum Gasteiger partial charge on any atom is 0.308 e. The first-order chi connectivity index (χ1) is 8.63. The van der Waals surface area contributed by atoms with Crippen LogP contribution in [0.3, 0.4) is 0 Å². The summed E-state index contributed by atoms with van der Waals surface area (Å²) in [5.74, 6) is -1.37. The number of fused-ring (bicyclic) bond motifs is 1. The molecule has 98 valence electrons. The number of hydrogen-bond acceptors (Lipinski definition) is 4. The Hall–Kier alpha value is -1.98. The summed E-state index contributed by atoms with van der Waals surface area (Å²) in [7, 11) is 1.29. The van der Waals surface area contributed by atoms with Crippen molar-refractivity contribution in [1.29, 1.82) is 0 Å². The third-order valence-electron chi connectivity index (χ3n) is 2.57. The molecule has 2 rings (SSSR count). The van der Waals surface area contributed by atoms with Crippen molar-refractivity contribution in [2.45, 2.75) is 12.8 Å². The summed E-state index contributed by atoms with van der Waals surface area (Å²) in [5.41, 5.74) is 0.168. The number of halogens is 1. The maximum absolute atomic E-state index is 13.8. The van der Waals surface area contributed by atoms with Crippen molar-refractivity contribution in [1.82, 2.24) is 0 Å². The van der Waals surface area contributed by atoms with Gasteiger partial charge in [0.25, 0.3) is 0 Å². The van der Waals surface area contributed by atoms with E-state index in [1.807, 2.05) is 0 Å². The quantitative estimate of drug-likeness (QED) is 0.890. The summed E-state index contributed by atoms with van der Waals surface area (Å²) in [6.07, 6.45) is 0.276.